The molecule has 1 aromatic heterocycles. The average Bonchev–Trinajstić information content (AvgIpc) is 2.58. The van der Waals surface area contributed by atoms with Crippen molar-refractivity contribution in [2.45, 2.75) is 57.0 Å². The van der Waals surface area contributed by atoms with Crippen molar-refractivity contribution in [3.8, 4) is 0 Å². The lowest BCUT2D eigenvalue weighted by molar-refractivity contribution is 0.288. The predicted octanol–water partition coefficient (Wildman–Crippen LogP) is 4.63. The molecule has 0 N–H and O–H groups in total. The van der Waals surface area contributed by atoms with Crippen LogP contribution in [0.3, 0.4) is 0 Å². The minimum absolute atomic E-state index is 0.135. The molecule has 27 heavy (non-hydrogen) atoms. The van der Waals surface area contributed by atoms with Gasteiger partial charge in [0.1, 0.15) is 5.69 Å². The van der Waals surface area contributed by atoms with Crippen molar-refractivity contribution < 1.29 is 4.43 Å². The Bertz CT molecular complexity index is 832. The first-order chi connectivity index (χ1) is 12.5. The van der Waals surface area contributed by atoms with Crippen LogP contribution in [0.5, 0.6) is 0 Å². The van der Waals surface area contributed by atoms with Crippen LogP contribution < -0.4 is 5.56 Å². The van der Waals surface area contributed by atoms with Crippen LogP contribution in [0.25, 0.3) is 0 Å². The molecule has 5 nitrogen and oxygen atoms in total. The summed E-state index contributed by atoms with van der Waals surface area (Å²) in [4.78, 5) is 16.5. The molecule has 0 aliphatic carbocycles. The van der Waals surface area contributed by atoms with Crippen molar-refractivity contribution in [3.05, 3.63) is 50.9 Å². The van der Waals surface area contributed by atoms with E-state index >= 15 is 0 Å². The molecule has 2 rings (SSSR count). The monoisotopic (exact) mass is 425 g/mol. The van der Waals surface area contributed by atoms with Gasteiger partial charge in [0.2, 0.25) is 0 Å². The summed E-state index contributed by atoms with van der Waals surface area (Å²) >= 11 is 7.37. The predicted molar refractivity (Wildman–Crippen MR) is 115 cm³/mol. The normalized spacial score (nSPS) is 12.4. The Labute approximate surface area is 171 Å². The minimum Gasteiger partial charge on any atom is -0.416 e. The first-order valence-corrected chi connectivity index (χ1v) is 13.4. The summed E-state index contributed by atoms with van der Waals surface area (Å²) in [6.07, 6.45) is 2.36. The van der Waals surface area contributed by atoms with Gasteiger partial charge in [0, 0.05) is 18.1 Å². The maximum atomic E-state index is 12.3. The Morgan fingerprint density at radius 1 is 1.22 bits per heavy atom. The first-order valence-electron chi connectivity index (χ1n) is 8.94. The summed E-state index contributed by atoms with van der Waals surface area (Å²) in [6.45, 7) is 12.0. The van der Waals surface area contributed by atoms with Crippen LogP contribution >= 0.6 is 23.4 Å². The molecule has 0 bridgehead atoms. The third-order valence-electron chi connectivity index (χ3n) is 4.94. The highest BCUT2D eigenvalue weighted by molar-refractivity contribution is 7.98. The fraction of sp³-hybridized carbons (Fsp3) is 0.526. The molecule has 1 aromatic carbocycles. The van der Waals surface area contributed by atoms with Crippen LogP contribution in [0.1, 0.15) is 32.0 Å². The van der Waals surface area contributed by atoms with Gasteiger partial charge in [-0.3, -0.25) is 4.79 Å². The van der Waals surface area contributed by atoms with Gasteiger partial charge in [-0.15, -0.1) is 0 Å². The van der Waals surface area contributed by atoms with E-state index in [0.29, 0.717) is 35.4 Å². The molecular weight excluding hydrogens is 398 g/mol. The molecule has 2 aromatic rings. The molecule has 1 heterocycles. The van der Waals surface area contributed by atoms with Crippen LogP contribution in [0.4, 0.5) is 0 Å². The van der Waals surface area contributed by atoms with Crippen molar-refractivity contribution in [1.29, 1.82) is 0 Å². The van der Waals surface area contributed by atoms with E-state index in [2.05, 4.69) is 43.9 Å². The van der Waals surface area contributed by atoms with Gasteiger partial charge in [-0.25, -0.2) is 4.68 Å². The van der Waals surface area contributed by atoms with Crippen molar-refractivity contribution in [2.75, 3.05) is 12.9 Å². The third-order valence-corrected chi connectivity index (χ3v) is 10.4. The van der Waals surface area contributed by atoms with Crippen molar-refractivity contribution >= 4 is 31.7 Å². The molecule has 148 valence electrons. The maximum Gasteiger partial charge on any atom is 0.295 e. The summed E-state index contributed by atoms with van der Waals surface area (Å²) in [5.41, 5.74) is 1.22. The minimum atomic E-state index is -1.85. The zero-order chi connectivity index (χ0) is 20.2. The summed E-state index contributed by atoms with van der Waals surface area (Å²) in [7, 11) is -1.85. The zero-order valence-corrected chi connectivity index (χ0v) is 19.4. The largest absolute Gasteiger partial charge is 0.416 e. The molecule has 0 aliphatic rings. The van der Waals surface area contributed by atoms with E-state index in [1.807, 2.05) is 30.5 Å². The van der Waals surface area contributed by atoms with Gasteiger partial charge in [0.05, 0.1) is 6.54 Å². The van der Waals surface area contributed by atoms with Gasteiger partial charge in [-0.1, -0.05) is 56.3 Å². The number of halogens is 1. The second-order valence-corrected chi connectivity index (χ2v) is 14.0. The van der Waals surface area contributed by atoms with Gasteiger partial charge in [0.25, 0.3) is 5.56 Å². The lowest BCUT2D eigenvalue weighted by atomic mass is 10.2. The molecule has 0 fully saturated rings. The van der Waals surface area contributed by atoms with E-state index in [-0.39, 0.29) is 10.6 Å². The average molecular weight is 426 g/mol. The molecule has 0 unspecified atom stereocenters. The van der Waals surface area contributed by atoms with Gasteiger partial charge >= 0.3 is 0 Å². The molecule has 0 aliphatic heterocycles. The van der Waals surface area contributed by atoms with Crippen LogP contribution in [0.2, 0.25) is 23.2 Å². The SMILES string of the molecule is CSc1nc(=O)c(CCO[Si](C)(C)C(C)(C)C)nn1Cc1ccc(Cl)cc1. The van der Waals surface area contributed by atoms with E-state index in [0.717, 1.165) is 5.56 Å². The van der Waals surface area contributed by atoms with E-state index in [4.69, 9.17) is 16.0 Å². The highest BCUT2D eigenvalue weighted by Gasteiger charge is 2.36. The van der Waals surface area contributed by atoms with E-state index in [9.17, 15) is 4.79 Å². The van der Waals surface area contributed by atoms with E-state index in [1.165, 1.54) is 11.8 Å². The number of thioether (sulfide) groups is 1. The Morgan fingerprint density at radius 3 is 2.41 bits per heavy atom. The van der Waals surface area contributed by atoms with Crippen LogP contribution in [-0.4, -0.2) is 35.9 Å². The fourth-order valence-electron chi connectivity index (χ4n) is 2.23. The van der Waals surface area contributed by atoms with E-state index in [1.54, 1.807) is 4.68 Å². The van der Waals surface area contributed by atoms with Crippen molar-refractivity contribution in [1.82, 2.24) is 14.8 Å². The Morgan fingerprint density at radius 2 is 1.85 bits per heavy atom. The smallest absolute Gasteiger partial charge is 0.295 e. The molecule has 0 spiro atoms. The Balaban J connectivity index is 2.17. The lowest BCUT2D eigenvalue weighted by Gasteiger charge is -2.36. The van der Waals surface area contributed by atoms with Crippen molar-refractivity contribution in [3.63, 3.8) is 0 Å². The highest BCUT2D eigenvalue weighted by atomic mass is 35.5. The molecule has 0 atom stereocenters. The third kappa shape index (κ3) is 5.91. The second kappa shape index (κ2) is 8.90. The first kappa shape index (κ1) is 22.1. The summed E-state index contributed by atoms with van der Waals surface area (Å²) in [5.74, 6) is 0. The second-order valence-electron chi connectivity index (χ2n) is 7.99. The van der Waals surface area contributed by atoms with Crippen LogP contribution in [0, 0.1) is 0 Å². The van der Waals surface area contributed by atoms with Gasteiger partial charge in [0.15, 0.2) is 13.5 Å². The molecule has 0 saturated heterocycles. The molecule has 0 amide bonds. The number of hydrogen-bond acceptors (Lipinski definition) is 5. The number of rotatable bonds is 7. The van der Waals surface area contributed by atoms with Crippen molar-refractivity contribution in [2.24, 2.45) is 0 Å². The molecule has 8 heteroatoms. The van der Waals surface area contributed by atoms with E-state index < -0.39 is 8.32 Å². The fourth-order valence-corrected chi connectivity index (χ4v) is 3.90. The topological polar surface area (TPSA) is 57.0 Å². The zero-order valence-electron chi connectivity index (χ0n) is 16.9. The van der Waals surface area contributed by atoms with Crippen LogP contribution in [-0.2, 0) is 17.4 Å². The summed E-state index contributed by atoms with van der Waals surface area (Å²) in [6, 6.07) is 7.60. The van der Waals surface area contributed by atoms with Gasteiger partial charge in [-0.05, 0) is 42.1 Å². The standard InChI is InChI=1S/C19H28ClN3O2SSi/c1-19(2,3)27(5,6)25-12-11-16-17(24)21-18(26-4)23(22-16)13-14-7-9-15(20)10-8-14/h7-10H,11-13H2,1-6H3. The summed E-state index contributed by atoms with van der Waals surface area (Å²) < 4.78 is 7.96. The van der Waals surface area contributed by atoms with Gasteiger partial charge in [-0.2, -0.15) is 10.1 Å². The molecule has 0 saturated carbocycles. The number of aromatic nitrogens is 3. The number of benzene rings is 1. The molecule has 0 radical (unpaired) electrons. The molecular formula is C19H28ClN3O2SSi. The lowest BCUT2D eigenvalue weighted by Crippen LogP contribution is -2.41. The number of hydrogen-bond donors (Lipinski definition) is 0. The number of nitrogens with zero attached hydrogens (tertiary/aromatic N) is 3. The Hall–Kier alpha value is -1.15. The van der Waals surface area contributed by atoms with Crippen LogP contribution in [0.15, 0.2) is 34.2 Å². The summed E-state index contributed by atoms with van der Waals surface area (Å²) in [5, 5.41) is 5.99. The highest BCUT2D eigenvalue weighted by Crippen LogP contribution is 2.36. The Kier molecular flexibility index (Phi) is 7.30. The van der Waals surface area contributed by atoms with Gasteiger partial charge < -0.3 is 4.43 Å². The quantitative estimate of drug-likeness (QED) is 0.478. The maximum absolute atomic E-state index is 12.3.